The van der Waals surface area contributed by atoms with E-state index < -0.39 is 23.7 Å². The normalized spacial score (nSPS) is 11.6. The summed E-state index contributed by atoms with van der Waals surface area (Å²) in [7, 11) is 2.70. The van der Waals surface area contributed by atoms with Crippen LogP contribution in [0.5, 0.6) is 11.5 Å². The van der Waals surface area contributed by atoms with Crippen LogP contribution in [0.1, 0.15) is 33.1 Å². The minimum atomic E-state index is -1.31. The van der Waals surface area contributed by atoms with Crippen LogP contribution in [0.4, 0.5) is 4.39 Å². The number of ether oxygens (including phenoxy) is 2. The van der Waals surface area contributed by atoms with E-state index >= 15 is 0 Å². The Morgan fingerprint density at radius 3 is 2.19 bits per heavy atom. The van der Waals surface area contributed by atoms with Gasteiger partial charge in [-0.1, -0.05) is 18.2 Å². The van der Waals surface area contributed by atoms with Crippen LogP contribution in [0.25, 0.3) is 0 Å². The lowest BCUT2D eigenvalue weighted by molar-refractivity contribution is -0.139. The fourth-order valence-corrected chi connectivity index (χ4v) is 2.47. The van der Waals surface area contributed by atoms with E-state index in [0.717, 1.165) is 17.2 Å². The second-order valence-electron chi connectivity index (χ2n) is 5.78. The number of benzene rings is 2. The predicted octanol–water partition coefficient (Wildman–Crippen LogP) is 3.02. The highest BCUT2D eigenvalue weighted by molar-refractivity contribution is 5.97. The zero-order chi connectivity index (χ0) is 19.4. The summed E-state index contributed by atoms with van der Waals surface area (Å²) in [5, 5.41) is 11.8. The Balaban J connectivity index is 2.36. The van der Waals surface area contributed by atoms with Crippen molar-refractivity contribution < 1.29 is 28.6 Å². The molecule has 0 saturated carbocycles. The molecule has 7 heteroatoms. The van der Waals surface area contributed by atoms with Crippen molar-refractivity contribution in [3.05, 3.63) is 58.4 Å². The van der Waals surface area contributed by atoms with Gasteiger partial charge in [0.25, 0.3) is 5.91 Å². The van der Waals surface area contributed by atoms with Crippen LogP contribution in [0, 0.1) is 19.7 Å². The van der Waals surface area contributed by atoms with Gasteiger partial charge < -0.3 is 19.9 Å². The lowest BCUT2D eigenvalue weighted by Gasteiger charge is -2.17. The topological polar surface area (TPSA) is 84.9 Å². The molecule has 1 unspecified atom stereocenters. The van der Waals surface area contributed by atoms with Gasteiger partial charge in [0.05, 0.1) is 19.8 Å². The quantitative estimate of drug-likeness (QED) is 0.826. The Morgan fingerprint density at radius 2 is 1.65 bits per heavy atom. The van der Waals surface area contributed by atoms with Crippen LogP contribution in [0.2, 0.25) is 0 Å². The Hall–Kier alpha value is -3.09. The summed E-state index contributed by atoms with van der Waals surface area (Å²) in [5.41, 5.74) is 1.95. The number of hydrogen-bond acceptors (Lipinski definition) is 4. The van der Waals surface area contributed by atoms with Crippen LogP contribution in [-0.4, -0.2) is 31.2 Å². The molecular formula is C19H20FNO5. The molecule has 6 nitrogen and oxygen atoms in total. The largest absolute Gasteiger partial charge is 0.493 e. The highest BCUT2D eigenvalue weighted by atomic mass is 19.1. The third kappa shape index (κ3) is 3.93. The molecule has 0 fully saturated rings. The van der Waals surface area contributed by atoms with Crippen molar-refractivity contribution in [1.29, 1.82) is 0 Å². The first-order chi connectivity index (χ1) is 12.3. The van der Waals surface area contributed by atoms with Crippen molar-refractivity contribution in [3.63, 3.8) is 0 Å². The summed E-state index contributed by atoms with van der Waals surface area (Å²) in [6, 6.07) is 5.94. The molecule has 2 aromatic rings. The predicted molar refractivity (Wildman–Crippen MR) is 93.3 cm³/mol. The zero-order valence-electron chi connectivity index (χ0n) is 14.9. The molecule has 2 rings (SSSR count). The van der Waals surface area contributed by atoms with E-state index in [1.54, 1.807) is 18.2 Å². The summed E-state index contributed by atoms with van der Waals surface area (Å²) in [5.74, 6) is -2.66. The highest BCUT2D eigenvalue weighted by Crippen LogP contribution is 2.30. The van der Waals surface area contributed by atoms with Crippen LogP contribution < -0.4 is 14.8 Å². The third-order valence-corrected chi connectivity index (χ3v) is 4.10. The van der Waals surface area contributed by atoms with Crippen molar-refractivity contribution in [2.75, 3.05) is 14.2 Å². The van der Waals surface area contributed by atoms with Gasteiger partial charge in [-0.25, -0.2) is 9.18 Å². The Bertz CT molecular complexity index is 850. The van der Waals surface area contributed by atoms with Gasteiger partial charge in [0.15, 0.2) is 17.5 Å². The lowest BCUT2D eigenvalue weighted by atomic mass is 10.0. The second kappa shape index (κ2) is 7.86. The van der Waals surface area contributed by atoms with Gasteiger partial charge in [0.1, 0.15) is 5.82 Å². The van der Waals surface area contributed by atoms with Gasteiger partial charge in [-0.2, -0.15) is 0 Å². The Kier molecular flexibility index (Phi) is 5.82. The third-order valence-electron chi connectivity index (χ3n) is 4.10. The number of halogens is 1. The fraction of sp³-hybridized carbons (Fsp3) is 0.263. The van der Waals surface area contributed by atoms with Gasteiger partial charge >= 0.3 is 5.97 Å². The second-order valence-corrected chi connectivity index (χ2v) is 5.78. The van der Waals surface area contributed by atoms with Crippen molar-refractivity contribution in [2.24, 2.45) is 0 Å². The summed E-state index contributed by atoms with van der Waals surface area (Å²) in [6.07, 6.45) is 0. The number of carbonyl (C=O) groups excluding carboxylic acids is 1. The fourth-order valence-electron chi connectivity index (χ4n) is 2.47. The summed E-state index contributed by atoms with van der Waals surface area (Å²) >= 11 is 0. The van der Waals surface area contributed by atoms with E-state index in [1.807, 2.05) is 13.8 Å². The van der Waals surface area contributed by atoms with E-state index in [-0.39, 0.29) is 17.1 Å². The van der Waals surface area contributed by atoms with E-state index in [2.05, 4.69) is 5.32 Å². The molecule has 0 saturated heterocycles. The van der Waals surface area contributed by atoms with Crippen LogP contribution in [0.3, 0.4) is 0 Å². The van der Waals surface area contributed by atoms with Gasteiger partial charge in [-0.15, -0.1) is 0 Å². The molecule has 26 heavy (non-hydrogen) atoms. The lowest BCUT2D eigenvalue weighted by Crippen LogP contribution is -2.34. The zero-order valence-corrected chi connectivity index (χ0v) is 14.9. The standard InChI is InChI=1S/C19H20FNO5/c1-10-5-6-12(7-11(10)2)17(19(23)24)21-18(22)13-8-15(25-3)16(26-4)9-14(13)20/h5-9,17H,1-4H3,(H,21,22)(H,23,24). The van der Waals surface area contributed by atoms with E-state index in [0.29, 0.717) is 5.56 Å². The molecule has 0 bridgehead atoms. The number of rotatable bonds is 6. The first-order valence-corrected chi connectivity index (χ1v) is 7.80. The van der Waals surface area contributed by atoms with Crippen LogP contribution in [-0.2, 0) is 4.79 Å². The number of nitrogens with one attached hydrogen (secondary N) is 1. The minimum absolute atomic E-state index is 0.130. The van der Waals surface area contributed by atoms with Gasteiger partial charge in [-0.05, 0) is 36.6 Å². The molecule has 1 atom stereocenters. The monoisotopic (exact) mass is 361 g/mol. The maximum Gasteiger partial charge on any atom is 0.330 e. The molecule has 0 spiro atoms. The Morgan fingerprint density at radius 1 is 1.04 bits per heavy atom. The number of amides is 1. The maximum atomic E-state index is 14.2. The molecule has 138 valence electrons. The molecule has 0 radical (unpaired) electrons. The molecule has 0 aliphatic rings. The Labute approximate surface area is 150 Å². The van der Waals surface area contributed by atoms with Crippen molar-refractivity contribution in [2.45, 2.75) is 19.9 Å². The minimum Gasteiger partial charge on any atom is -0.493 e. The number of carbonyl (C=O) groups is 2. The first-order valence-electron chi connectivity index (χ1n) is 7.80. The molecular weight excluding hydrogens is 341 g/mol. The van der Waals surface area contributed by atoms with Crippen molar-refractivity contribution in [1.82, 2.24) is 5.32 Å². The number of aliphatic carboxylic acids is 1. The molecule has 0 aliphatic carbocycles. The average molecular weight is 361 g/mol. The number of carboxylic acids is 1. The highest BCUT2D eigenvalue weighted by Gasteiger charge is 2.25. The van der Waals surface area contributed by atoms with Crippen LogP contribution in [0.15, 0.2) is 30.3 Å². The summed E-state index contributed by atoms with van der Waals surface area (Å²) in [6.45, 7) is 3.74. The maximum absolute atomic E-state index is 14.2. The summed E-state index contributed by atoms with van der Waals surface area (Å²) in [4.78, 5) is 24.1. The van der Waals surface area contributed by atoms with Gasteiger partial charge in [0.2, 0.25) is 0 Å². The van der Waals surface area contributed by atoms with Gasteiger partial charge in [0, 0.05) is 6.07 Å². The van der Waals surface area contributed by atoms with Gasteiger partial charge in [-0.3, -0.25) is 4.79 Å². The molecule has 0 aliphatic heterocycles. The molecule has 0 aromatic heterocycles. The number of carboxylic acid groups (broad SMARTS) is 1. The first kappa shape index (κ1) is 19.2. The molecule has 1 amide bonds. The van der Waals surface area contributed by atoms with E-state index in [4.69, 9.17) is 9.47 Å². The average Bonchev–Trinajstić information content (AvgIpc) is 2.61. The number of aryl methyl sites for hydroxylation is 2. The van der Waals surface area contributed by atoms with Crippen LogP contribution >= 0.6 is 0 Å². The van der Waals surface area contributed by atoms with E-state index in [9.17, 15) is 19.1 Å². The van der Waals surface area contributed by atoms with Crippen molar-refractivity contribution >= 4 is 11.9 Å². The molecule has 2 aromatic carbocycles. The number of methoxy groups -OCH3 is 2. The molecule has 2 N–H and O–H groups in total. The SMILES string of the molecule is COc1cc(F)c(C(=O)NC(C(=O)O)c2ccc(C)c(C)c2)cc1OC. The van der Waals surface area contributed by atoms with Crippen molar-refractivity contribution in [3.8, 4) is 11.5 Å². The number of hydrogen-bond donors (Lipinski definition) is 2. The molecule has 0 heterocycles. The summed E-state index contributed by atoms with van der Waals surface area (Å²) < 4.78 is 24.3. The van der Waals surface area contributed by atoms with E-state index in [1.165, 1.54) is 20.3 Å². The smallest absolute Gasteiger partial charge is 0.330 e.